The van der Waals surface area contributed by atoms with Crippen LogP contribution in [0.25, 0.3) is 0 Å². The van der Waals surface area contributed by atoms with Gasteiger partial charge in [-0.15, -0.1) is 0 Å². The van der Waals surface area contributed by atoms with Crippen LogP contribution >= 0.6 is 0 Å². The average molecular weight is 354 g/mol. The maximum absolute atomic E-state index is 10.3. The fraction of sp³-hybridized carbons (Fsp3) is 0.455. The molecule has 1 unspecified atom stereocenters. The third-order valence-corrected chi connectivity index (χ3v) is 5.26. The van der Waals surface area contributed by atoms with Crippen molar-refractivity contribution in [3.8, 4) is 5.75 Å². The molecule has 0 bridgehead atoms. The topological polar surface area (TPSA) is 35.9 Å². The number of hydrogen-bond acceptors (Lipinski definition) is 4. The Bertz CT molecular complexity index is 654. The van der Waals surface area contributed by atoms with Gasteiger partial charge in [-0.25, -0.2) is 0 Å². The van der Waals surface area contributed by atoms with Gasteiger partial charge in [0.05, 0.1) is 13.2 Å². The van der Waals surface area contributed by atoms with Crippen LogP contribution in [-0.4, -0.2) is 61.3 Å². The number of methoxy groups -OCH3 is 1. The molecule has 2 aromatic rings. The van der Waals surface area contributed by atoms with Gasteiger partial charge in [-0.3, -0.25) is 0 Å². The van der Waals surface area contributed by atoms with Crippen molar-refractivity contribution in [2.45, 2.75) is 18.9 Å². The predicted octanol–water partition coefficient (Wildman–Crippen LogP) is 2.98. The molecule has 0 aromatic heterocycles. The maximum Gasteiger partial charge on any atom is 0.122 e. The minimum Gasteiger partial charge on any atom is -0.496 e. The minimum absolute atomic E-state index is 0.361. The summed E-state index contributed by atoms with van der Waals surface area (Å²) >= 11 is 0. The number of aliphatic hydroxyl groups excluding tert-OH is 1. The molecule has 1 atom stereocenters. The Kier molecular flexibility index (Phi) is 7.06. The van der Waals surface area contributed by atoms with Crippen molar-refractivity contribution < 1.29 is 9.84 Å². The highest BCUT2D eigenvalue weighted by molar-refractivity contribution is 5.33. The van der Waals surface area contributed by atoms with Gasteiger partial charge in [0.2, 0.25) is 0 Å². The first-order valence-electron chi connectivity index (χ1n) is 9.56. The Morgan fingerprint density at radius 3 is 2.19 bits per heavy atom. The van der Waals surface area contributed by atoms with Gasteiger partial charge in [0, 0.05) is 39.3 Å². The zero-order valence-electron chi connectivity index (χ0n) is 15.7. The molecule has 0 spiro atoms. The first kappa shape index (κ1) is 18.9. The number of ether oxygens (including phenoxy) is 1. The van der Waals surface area contributed by atoms with Gasteiger partial charge in [-0.05, 0) is 30.0 Å². The summed E-state index contributed by atoms with van der Waals surface area (Å²) in [6, 6.07) is 18.2. The van der Waals surface area contributed by atoms with Crippen molar-refractivity contribution in [1.82, 2.24) is 9.80 Å². The highest BCUT2D eigenvalue weighted by Crippen LogP contribution is 2.19. The van der Waals surface area contributed by atoms with Crippen LogP contribution < -0.4 is 4.74 Å². The molecular formula is C22H30N2O2. The molecule has 0 radical (unpaired) electrons. The smallest absolute Gasteiger partial charge is 0.122 e. The maximum atomic E-state index is 10.3. The van der Waals surface area contributed by atoms with Gasteiger partial charge in [-0.2, -0.15) is 0 Å². The van der Waals surface area contributed by atoms with E-state index in [-0.39, 0.29) is 6.10 Å². The first-order valence-corrected chi connectivity index (χ1v) is 9.56. The van der Waals surface area contributed by atoms with E-state index < -0.39 is 0 Å². The Labute approximate surface area is 157 Å². The van der Waals surface area contributed by atoms with Gasteiger partial charge < -0.3 is 19.6 Å². The summed E-state index contributed by atoms with van der Waals surface area (Å²) in [6.45, 7) is 6.37. The molecule has 2 aromatic carbocycles. The third-order valence-electron chi connectivity index (χ3n) is 5.26. The summed E-state index contributed by atoms with van der Waals surface area (Å²) < 4.78 is 5.44. The Morgan fingerprint density at radius 1 is 0.885 bits per heavy atom. The molecule has 1 heterocycles. The number of piperazine rings is 1. The van der Waals surface area contributed by atoms with E-state index in [1.807, 2.05) is 42.5 Å². The molecule has 0 amide bonds. The Balaban J connectivity index is 1.38. The standard InChI is InChI=1S/C22H30N2O2/c1-26-22-10-6-5-9-20(22)11-13-23-15-17-24(18-16-23)14-12-21(25)19-7-3-2-4-8-19/h2-10,21,25H,11-18H2,1H3. The first-order chi connectivity index (χ1) is 12.8. The van der Waals surface area contributed by atoms with Crippen LogP contribution in [0.2, 0.25) is 0 Å². The van der Waals surface area contributed by atoms with E-state index in [1.165, 1.54) is 5.56 Å². The van der Waals surface area contributed by atoms with Crippen molar-refractivity contribution >= 4 is 0 Å². The van der Waals surface area contributed by atoms with Crippen LogP contribution in [-0.2, 0) is 6.42 Å². The lowest BCUT2D eigenvalue weighted by Crippen LogP contribution is -2.47. The Hall–Kier alpha value is -1.88. The molecule has 1 aliphatic heterocycles. The summed E-state index contributed by atoms with van der Waals surface area (Å²) in [4.78, 5) is 4.99. The summed E-state index contributed by atoms with van der Waals surface area (Å²) in [5.74, 6) is 0.987. The number of benzene rings is 2. The molecule has 0 saturated carbocycles. The van der Waals surface area contributed by atoms with Gasteiger partial charge in [0.15, 0.2) is 0 Å². The van der Waals surface area contributed by atoms with E-state index in [0.29, 0.717) is 0 Å². The normalized spacial score (nSPS) is 17.2. The molecule has 1 N–H and O–H groups in total. The van der Waals surface area contributed by atoms with E-state index in [0.717, 1.165) is 63.4 Å². The summed E-state index contributed by atoms with van der Waals surface area (Å²) in [5.41, 5.74) is 2.30. The van der Waals surface area contributed by atoms with Crippen molar-refractivity contribution in [2.75, 3.05) is 46.4 Å². The zero-order valence-corrected chi connectivity index (χ0v) is 15.7. The lowest BCUT2D eigenvalue weighted by atomic mass is 10.1. The number of nitrogens with zero attached hydrogens (tertiary/aromatic N) is 2. The van der Waals surface area contributed by atoms with Crippen LogP contribution in [0.1, 0.15) is 23.7 Å². The van der Waals surface area contributed by atoms with E-state index in [2.05, 4.69) is 21.9 Å². The van der Waals surface area contributed by atoms with Gasteiger partial charge in [0.25, 0.3) is 0 Å². The van der Waals surface area contributed by atoms with Gasteiger partial charge in [0.1, 0.15) is 5.75 Å². The van der Waals surface area contributed by atoms with Gasteiger partial charge >= 0.3 is 0 Å². The van der Waals surface area contributed by atoms with Crippen molar-refractivity contribution in [3.05, 3.63) is 65.7 Å². The SMILES string of the molecule is COc1ccccc1CCN1CCN(CCC(O)c2ccccc2)CC1. The third kappa shape index (κ3) is 5.31. The summed E-state index contributed by atoms with van der Waals surface area (Å²) in [7, 11) is 1.74. The summed E-state index contributed by atoms with van der Waals surface area (Å²) in [5, 5.41) is 10.3. The molecule has 0 aliphatic carbocycles. The fourth-order valence-electron chi connectivity index (χ4n) is 3.57. The number of para-hydroxylation sites is 1. The van der Waals surface area contributed by atoms with Crippen LogP contribution in [0.5, 0.6) is 5.75 Å². The second-order valence-corrected chi connectivity index (χ2v) is 6.96. The predicted molar refractivity (Wildman–Crippen MR) is 106 cm³/mol. The van der Waals surface area contributed by atoms with Crippen LogP contribution in [0.3, 0.4) is 0 Å². The van der Waals surface area contributed by atoms with E-state index >= 15 is 0 Å². The van der Waals surface area contributed by atoms with E-state index in [9.17, 15) is 5.11 Å². The van der Waals surface area contributed by atoms with E-state index in [4.69, 9.17) is 4.74 Å². The quantitative estimate of drug-likeness (QED) is 0.791. The van der Waals surface area contributed by atoms with Crippen LogP contribution in [0.15, 0.2) is 54.6 Å². The number of rotatable bonds is 8. The molecule has 4 heteroatoms. The largest absolute Gasteiger partial charge is 0.496 e. The monoisotopic (exact) mass is 354 g/mol. The fourth-order valence-corrected chi connectivity index (χ4v) is 3.57. The summed E-state index contributed by atoms with van der Waals surface area (Å²) in [6.07, 6.45) is 1.46. The van der Waals surface area contributed by atoms with E-state index in [1.54, 1.807) is 7.11 Å². The molecule has 140 valence electrons. The van der Waals surface area contributed by atoms with Crippen LogP contribution in [0, 0.1) is 0 Å². The highest BCUT2D eigenvalue weighted by atomic mass is 16.5. The lowest BCUT2D eigenvalue weighted by Gasteiger charge is -2.35. The minimum atomic E-state index is -0.361. The lowest BCUT2D eigenvalue weighted by molar-refractivity contribution is 0.103. The Morgan fingerprint density at radius 2 is 1.50 bits per heavy atom. The van der Waals surface area contributed by atoms with Crippen molar-refractivity contribution in [1.29, 1.82) is 0 Å². The molecule has 1 saturated heterocycles. The molecule has 4 nitrogen and oxygen atoms in total. The van der Waals surface area contributed by atoms with Crippen LogP contribution in [0.4, 0.5) is 0 Å². The molecule has 26 heavy (non-hydrogen) atoms. The zero-order chi connectivity index (χ0) is 18.2. The number of aliphatic hydroxyl groups is 1. The number of hydrogen-bond donors (Lipinski definition) is 1. The second-order valence-electron chi connectivity index (χ2n) is 6.96. The second kappa shape index (κ2) is 9.72. The molecule has 1 aliphatic rings. The van der Waals surface area contributed by atoms with Crippen molar-refractivity contribution in [3.63, 3.8) is 0 Å². The average Bonchev–Trinajstić information content (AvgIpc) is 2.72. The molecular weight excluding hydrogens is 324 g/mol. The highest BCUT2D eigenvalue weighted by Gasteiger charge is 2.18. The molecule has 3 rings (SSSR count). The molecule has 1 fully saturated rings. The van der Waals surface area contributed by atoms with Gasteiger partial charge in [-0.1, -0.05) is 48.5 Å². The van der Waals surface area contributed by atoms with Crippen molar-refractivity contribution in [2.24, 2.45) is 0 Å².